The number of fused-ring (bicyclic) bond motifs is 1. The average Bonchev–Trinajstić information content (AvgIpc) is 3.15. The molecule has 2 aromatic heterocycles. The van der Waals surface area contributed by atoms with Crippen LogP contribution in [0.3, 0.4) is 0 Å². The Balaban J connectivity index is 1.61. The Hall–Kier alpha value is -3.46. The van der Waals surface area contributed by atoms with E-state index in [2.05, 4.69) is 10.3 Å². The van der Waals surface area contributed by atoms with Crippen molar-refractivity contribution in [1.82, 2.24) is 9.55 Å². The molecule has 2 aromatic carbocycles. The summed E-state index contributed by atoms with van der Waals surface area (Å²) in [4.78, 5) is 30.2. The van der Waals surface area contributed by atoms with Gasteiger partial charge in [0, 0.05) is 16.6 Å². The highest BCUT2D eigenvalue weighted by Gasteiger charge is 2.30. The molecule has 4 rings (SSSR count). The lowest BCUT2D eigenvalue weighted by Crippen LogP contribution is -2.27. The number of nitrogens with zero attached hydrogens (tertiary/aromatic N) is 2. The summed E-state index contributed by atoms with van der Waals surface area (Å²) in [7, 11) is 0. The van der Waals surface area contributed by atoms with E-state index in [1.54, 1.807) is 0 Å². The van der Waals surface area contributed by atoms with Gasteiger partial charge in [-0.1, -0.05) is 35.9 Å². The zero-order valence-electron chi connectivity index (χ0n) is 16.2. The Morgan fingerprint density at radius 1 is 1.16 bits per heavy atom. The molecule has 0 saturated carbocycles. The van der Waals surface area contributed by atoms with E-state index in [0.717, 1.165) is 33.4 Å². The molecule has 31 heavy (non-hydrogen) atoms. The van der Waals surface area contributed by atoms with Crippen LogP contribution in [0.5, 0.6) is 0 Å². The quantitative estimate of drug-likeness (QED) is 0.478. The van der Waals surface area contributed by atoms with Crippen LogP contribution < -0.4 is 10.9 Å². The van der Waals surface area contributed by atoms with Crippen molar-refractivity contribution in [3.05, 3.63) is 81.7 Å². The highest BCUT2D eigenvalue weighted by atomic mass is 32.1. The predicted molar refractivity (Wildman–Crippen MR) is 114 cm³/mol. The van der Waals surface area contributed by atoms with E-state index >= 15 is 0 Å². The summed E-state index contributed by atoms with van der Waals surface area (Å²) in [5.74, 6) is -0.630. The summed E-state index contributed by atoms with van der Waals surface area (Å²) in [6.45, 7) is 1.59. The van der Waals surface area contributed by atoms with Crippen molar-refractivity contribution in [2.45, 2.75) is 19.6 Å². The van der Waals surface area contributed by atoms with Crippen LogP contribution in [-0.2, 0) is 17.5 Å². The van der Waals surface area contributed by atoms with Crippen molar-refractivity contribution < 1.29 is 18.0 Å². The lowest BCUT2D eigenvalue weighted by atomic mass is 10.1. The molecule has 0 aliphatic heterocycles. The van der Waals surface area contributed by atoms with Crippen LogP contribution in [0.15, 0.2) is 65.0 Å². The molecule has 2 heterocycles. The first-order chi connectivity index (χ1) is 14.7. The highest BCUT2D eigenvalue weighted by molar-refractivity contribution is 7.17. The first kappa shape index (κ1) is 20.8. The smallest absolute Gasteiger partial charge is 0.325 e. The number of aryl methyl sites for hydroxylation is 1. The Kier molecular flexibility index (Phi) is 5.36. The zero-order chi connectivity index (χ0) is 22.2. The van der Waals surface area contributed by atoms with Crippen LogP contribution >= 0.6 is 11.3 Å². The lowest BCUT2D eigenvalue weighted by Gasteiger charge is -2.10. The molecule has 1 amide bonds. The van der Waals surface area contributed by atoms with E-state index in [-0.39, 0.29) is 17.8 Å². The number of hydrogen-bond donors (Lipinski definition) is 1. The minimum Gasteiger partial charge on any atom is -0.325 e. The van der Waals surface area contributed by atoms with E-state index in [9.17, 15) is 22.8 Å². The molecular formula is C22H16F3N3O2S. The third-order valence-electron chi connectivity index (χ3n) is 4.71. The number of hydrogen-bond acceptors (Lipinski definition) is 4. The number of benzene rings is 2. The topological polar surface area (TPSA) is 64.0 Å². The maximum absolute atomic E-state index is 13.0. The van der Waals surface area contributed by atoms with Gasteiger partial charge >= 0.3 is 6.18 Å². The van der Waals surface area contributed by atoms with Crippen molar-refractivity contribution in [3.8, 4) is 11.1 Å². The summed E-state index contributed by atoms with van der Waals surface area (Å²) in [5, 5.41) is 4.65. The molecule has 0 spiro atoms. The summed E-state index contributed by atoms with van der Waals surface area (Å²) >= 11 is 1.33. The fourth-order valence-corrected chi connectivity index (χ4v) is 4.06. The van der Waals surface area contributed by atoms with Gasteiger partial charge in [0.05, 0.1) is 17.3 Å². The third kappa shape index (κ3) is 4.36. The Morgan fingerprint density at radius 2 is 1.90 bits per heavy atom. The van der Waals surface area contributed by atoms with Gasteiger partial charge in [-0.15, -0.1) is 11.3 Å². The van der Waals surface area contributed by atoms with Gasteiger partial charge in [0.2, 0.25) is 5.91 Å². The van der Waals surface area contributed by atoms with Gasteiger partial charge in [-0.2, -0.15) is 13.2 Å². The SMILES string of the molecule is Cc1ccc(-c2csc3ncn(CC(=O)Nc4cccc(C(F)(F)F)c4)c(=O)c23)cc1. The number of halogens is 3. The van der Waals surface area contributed by atoms with Crippen LogP contribution in [0.4, 0.5) is 18.9 Å². The molecule has 9 heteroatoms. The normalized spacial score (nSPS) is 11.6. The first-order valence-corrected chi connectivity index (χ1v) is 10.1. The van der Waals surface area contributed by atoms with Gasteiger partial charge in [0.15, 0.2) is 0 Å². The third-order valence-corrected chi connectivity index (χ3v) is 5.60. The van der Waals surface area contributed by atoms with E-state index in [1.165, 1.54) is 29.8 Å². The van der Waals surface area contributed by atoms with Crippen molar-refractivity contribution in [3.63, 3.8) is 0 Å². The number of anilines is 1. The van der Waals surface area contributed by atoms with E-state index in [4.69, 9.17) is 0 Å². The average molecular weight is 443 g/mol. The fraction of sp³-hybridized carbons (Fsp3) is 0.136. The molecule has 0 fully saturated rings. The Labute approximate surface area is 178 Å². The number of alkyl halides is 3. The Morgan fingerprint density at radius 3 is 2.61 bits per heavy atom. The standard InChI is InChI=1S/C22H16F3N3O2S/c1-13-5-7-14(8-6-13)17-11-31-20-19(17)21(30)28(12-26-20)10-18(29)27-16-4-2-3-15(9-16)22(23,24)25/h2-9,11-12H,10H2,1H3,(H,27,29). The second kappa shape index (κ2) is 7.99. The van der Waals surface area contributed by atoms with E-state index in [0.29, 0.717) is 10.2 Å². The number of carbonyl (C=O) groups is 1. The maximum Gasteiger partial charge on any atom is 0.416 e. The van der Waals surface area contributed by atoms with Crippen molar-refractivity contribution in [2.75, 3.05) is 5.32 Å². The van der Waals surface area contributed by atoms with Crippen LogP contribution in [0.1, 0.15) is 11.1 Å². The molecule has 0 unspecified atom stereocenters. The minimum atomic E-state index is -4.52. The highest BCUT2D eigenvalue weighted by Crippen LogP contribution is 2.31. The largest absolute Gasteiger partial charge is 0.416 e. The summed E-state index contributed by atoms with van der Waals surface area (Å²) in [6.07, 6.45) is -3.25. The molecule has 5 nitrogen and oxygen atoms in total. The summed E-state index contributed by atoms with van der Waals surface area (Å²) in [5.41, 5.74) is 1.42. The van der Waals surface area contributed by atoms with Gasteiger partial charge < -0.3 is 5.32 Å². The van der Waals surface area contributed by atoms with E-state index < -0.39 is 17.6 Å². The molecule has 0 atom stereocenters. The zero-order valence-corrected chi connectivity index (χ0v) is 17.1. The van der Waals surface area contributed by atoms with E-state index in [1.807, 2.05) is 36.6 Å². The van der Waals surface area contributed by atoms with Crippen LogP contribution in [0.2, 0.25) is 0 Å². The summed E-state index contributed by atoms with van der Waals surface area (Å²) < 4.78 is 39.7. The van der Waals surface area contributed by atoms with Crippen molar-refractivity contribution in [1.29, 1.82) is 0 Å². The number of aromatic nitrogens is 2. The molecule has 0 aliphatic rings. The number of nitrogens with one attached hydrogen (secondary N) is 1. The molecule has 0 bridgehead atoms. The van der Waals surface area contributed by atoms with Crippen LogP contribution in [0, 0.1) is 6.92 Å². The van der Waals surface area contributed by atoms with Gasteiger partial charge in [-0.25, -0.2) is 4.98 Å². The van der Waals surface area contributed by atoms with Gasteiger partial charge in [-0.05, 0) is 30.7 Å². The number of amides is 1. The van der Waals surface area contributed by atoms with Gasteiger partial charge in [-0.3, -0.25) is 14.2 Å². The van der Waals surface area contributed by atoms with Crippen LogP contribution in [0.25, 0.3) is 21.3 Å². The monoisotopic (exact) mass is 443 g/mol. The molecule has 0 aliphatic carbocycles. The molecular weight excluding hydrogens is 427 g/mol. The molecule has 0 saturated heterocycles. The van der Waals surface area contributed by atoms with Crippen molar-refractivity contribution in [2.24, 2.45) is 0 Å². The Bertz CT molecular complexity index is 1320. The number of rotatable bonds is 4. The predicted octanol–water partition coefficient (Wildman–Crippen LogP) is 5.09. The number of carbonyl (C=O) groups excluding carboxylic acids is 1. The molecule has 0 radical (unpaired) electrons. The van der Waals surface area contributed by atoms with Gasteiger partial charge in [0.25, 0.3) is 5.56 Å². The van der Waals surface area contributed by atoms with Crippen LogP contribution in [-0.4, -0.2) is 15.5 Å². The maximum atomic E-state index is 13.0. The van der Waals surface area contributed by atoms with Crippen molar-refractivity contribution >= 4 is 33.1 Å². The van der Waals surface area contributed by atoms with Gasteiger partial charge in [0.1, 0.15) is 11.4 Å². The molecule has 4 aromatic rings. The second-order valence-corrected chi connectivity index (χ2v) is 7.86. The molecule has 158 valence electrons. The minimum absolute atomic E-state index is 0.00205. The fourth-order valence-electron chi connectivity index (χ4n) is 3.15. The second-order valence-electron chi connectivity index (χ2n) is 7.00. The number of thiophene rings is 1. The first-order valence-electron chi connectivity index (χ1n) is 9.23. The summed E-state index contributed by atoms with van der Waals surface area (Å²) in [6, 6.07) is 12.0. The lowest BCUT2D eigenvalue weighted by molar-refractivity contribution is -0.137. The molecule has 1 N–H and O–H groups in total.